The number of halogens is 1. The maximum absolute atomic E-state index is 5.66. The van der Waals surface area contributed by atoms with E-state index in [0.717, 1.165) is 12.8 Å². The quantitative estimate of drug-likeness (QED) is 0.488. The minimum absolute atomic E-state index is 0.225. The summed E-state index contributed by atoms with van der Waals surface area (Å²) < 4.78 is 1.26. The molecular formula is C13H15IN2S. The van der Waals surface area contributed by atoms with E-state index in [1.807, 2.05) is 0 Å². The predicted octanol–water partition coefficient (Wildman–Crippen LogP) is 3.49. The van der Waals surface area contributed by atoms with Gasteiger partial charge in [-0.2, -0.15) is 11.3 Å². The van der Waals surface area contributed by atoms with Crippen LogP contribution in [0.25, 0.3) is 0 Å². The molecule has 0 aliphatic heterocycles. The molecule has 2 rings (SSSR count). The van der Waals surface area contributed by atoms with Gasteiger partial charge in [-0.1, -0.05) is 18.2 Å². The summed E-state index contributed by atoms with van der Waals surface area (Å²) in [6, 6.07) is 10.8. The maximum Gasteiger partial charge on any atom is 0.0473 e. The number of nitrogens with two attached hydrogens (primary N) is 1. The van der Waals surface area contributed by atoms with Gasteiger partial charge >= 0.3 is 0 Å². The highest BCUT2D eigenvalue weighted by molar-refractivity contribution is 14.1. The van der Waals surface area contributed by atoms with Crippen molar-refractivity contribution in [2.75, 3.05) is 0 Å². The van der Waals surface area contributed by atoms with Gasteiger partial charge in [0.2, 0.25) is 0 Å². The smallest absolute Gasteiger partial charge is 0.0473 e. The zero-order valence-corrected chi connectivity index (χ0v) is 12.4. The number of thiophene rings is 1. The molecule has 2 nitrogen and oxygen atoms in total. The van der Waals surface area contributed by atoms with E-state index in [1.165, 1.54) is 14.7 Å². The van der Waals surface area contributed by atoms with Gasteiger partial charge in [0.05, 0.1) is 0 Å². The van der Waals surface area contributed by atoms with Crippen molar-refractivity contribution < 1.29 is 0 Å². The van der Waals surface area contributed by atoms with Crippen LogP contribution in [0.3, 0.4) is 0 Å². The summed E-state index contributed by atoms with van der Waals surface area (Å²) in [4.78, 5) is 0. The van der Waals surface area contributed by atoms with Crippen molar-refractivity contribution in [1.29, 1.82) is 0 Å². The van der Waals surface area contributed by atoms with E-state index in [-0.39, 0.29) is 6.04 Å². The molecule has 1 heterocycles. The lowest BCUT2D eigenvalue weighted by Gasteiger charge is -2.17. The van der Waals surface area contributed by atoms with Crippen LogP contribution in [0.15, 0.2) is 41.1 Å². The molecule has 0 radical (unpaired) electrons. The van der Waals surface area contributed by atoms with E-state index < -0.39 is 0 Å². The van der Waals surface area contributed by atoms with Crippen LogP contribution in [0.2, 0.25) is 0 Å². The van der Waals surface area contributed by atoms with Gasteiger partial charge in [-0.15, -0.1) is 0 Å². The first-order valence-corrected chi connectivity index (χ1v) is 7.55. The normalized spacial score (nSPS) is 12.6. The minimum atomic E-state index is 0.225. The maximum atomic E-state index is 5.66. The lowest BCUT2D eigenvalue weighted by Crippen LogP contribution is -2.29. The van der Waals surface area contributed by atoms with Gasteiger partial charge in [-0.25, -0.2) is 0 Å². The Labute approximate surface area is 119 Å². The van der Waals surface area contributed by atoms with Crippen molar-refractivity contribution in [3.63, 3.8) is 0 Å². The molecule has 0 saturated carbocycles. The van der Waals surface area contributed by atoms with Crippen LogP contribution in [0, 0.1) is 3.57 Å². The molecule has 0 aliphatic carbocycles. The Kier molecular flexibility index (Phi) is 4.97. The van der Waals surface area contributed by atoms with Crippen molar-refractivity contribution in [2.45, 2.75) is 18.9 Å². The topological polar surface area (TPSA) is 38.0 Å². The molecule has 17 heavy (non-hydrogen) atoms. The average molecular weight is 358 g/mol. The van der Waals surface area contributed by atoms with Crippen LogP contribution in [0.1, 0.15) is 23.6 Å². The third-order valence-corrected chi connectivity index (χ3v) is 4.50. The van der Waals surface area contributed by atoms with Crippen molar-refractivity contribution >= 4 is 33.9 Å². The molecular weight excluding hydrogens is 343 g/mol. The van der Waals surface area contributed by atoms with Crippen LogP contribution in [0.4, 0.5) is 0 Å². The lowest BCUT2D eigenvalue weighted by molar-refractivity contribution is 0.515. The second-order valence-corrected chi connectivity index (χ2v) is 5.85. The van der Waals surface area contributed by atoms with E-state index in [9.17, 15) is 0 Å². The average Bonchev–Trinajstić information content (AvgIpc) is 2.85. The molecule has 1 unspecified atom stereocenters. The largest absolute Gasteiger partial charge is 0.271 e. The Hall–Kier alpha value is -0.430. The molecule has 3 N–H and O–H groups in total. The van der Waals surface area contributed by atoms with Gasteiger partial charge in [-0.3, -0.25) is 11.3 Å². The Morgan fingerprint density at radius 3 is 2.76 bits per heavy atom. The highest BCUT2D eigenvalue weighted by Crippen LogP contribution is 2.23. The molecule has 0 aliphatic rings. The summed E-state index contributed by atoms with van der Waals surface area (Å²) in [6.45, 7) is 0. The first-order chi connectivity index (χ1) is 8.31. The Morgan fingerprint density at radius 1 is 1.29 bits per heavy atom. The highest BCUT2D eigenvalue weighted by atomic mass is 127. The fraction of sp³-hybridized carbons (Fsp3) is 0.231. The third-order valence-electron chi connectivity index (χ3n) is 2.78. The standard InChI is InChI=1S/C13H15IN2S/c14-12-4-2-1-3-11(12)13(16-15)6-5-10-7-8-17-9-10/h1-4,7-9,13,16H,5-6,15H2. The van der Waals surface area contributed by atoms with Crippen molar-refractivity contribution in [3.8, 4) is 0 Å². The summed E-state index contributed by atoms with van der Waals surface area (Å²) in [5, 5.41) is 4.32. The van der Waals surface area contributed by atoms with Gasteiger partial charge in [0.15, 0.2) is 0 Å². The molecule has 0 spiro atoms. The molecule has 1 aromatic carbocycles. The first kappa shape index (κ1) is 13.0. The molecule has 0 fully saturated rings. The summed E-state index contributed by atoms with van der Waals surface area (Å²) in [5.74, 6) is 5.66. The second-order valence-electron chi connectivity index (χ2n) is 3.91. The molecule has 90 valence electrons. The monoisotopic (exact) mass is 358 g/mol. The van der Waals surface area contributed by atoms with Crippen LogP contribution in [-0.2, 0) is 6.42 Å². The first-order valence-electron chi connectivity index (χ1n) is 5.53. The Balaban J connectivity index is 2.04. The molecule has 1 atom stereocenters. The summed E-state index contributed by atoms with van der Waals surface area (Å²) in [6.07, 6.45) is 2.08. The molecule has 0 amide bonds. The van der Waals surface area contributed by atoms with Crippen molar-refractivity contribution in [2.24, 2.45) is 5.84 Å². The number of rotatable bonds is 5. The Bertz CT molecular complexity index is 456. The van der Waals surface area contributed by atoms with E-state index in [0.29, 0.717) is 0 Å². The van der Waals surface area contributed by atoms with E-state index in [4.69, 9.17) is 5.84 Å². The molecule has 2 aromatic rings. The minimum Gasteiger partial charge on any atom is -0.271 e. The van der Waals surface area contributed by atoms with E-state index >= 15 is 0 Å². The second kappa shape index (κ2) is 6.49. The number of benzene rings is 1. The van der Waals surface area contributed by atoms with Crippen LogP contribution in [0.5, 0.6) is 0 Å². The lowest BCUT2D eigenvalue weighted by atomic mass is 10.0. The van der Waals surface area contributed by atoms with Crippen LogP contribution >= 0.6 is 33.9 Å². The molecule has 0 bridgehead atoms. The zero-order valence-electron chi connectivity index (χ0n) is 9.40. The fourth-order valence-electron chi connectivity index (χ4n) is 1.83. The van der Waals surface area contributed by atoms with Crippen LogP contribution < -0.4 is 11.3 Å². The van der Waals surface area contributed by atoms with Gasteiger partial charge in [-0.05, 0) is 69.5 Å². The van der Waals surface area contributed by atoms with Crippen molar-refractivity contribution in [3.05, 3.63) is 55.8 Å². The SMILES string of the molecule is NNC(CCc1ccsc1)c1ccccc1I. The summed E-state index contributed by atoms with van der Waals surface area (Å²) >= 11 is 4.10. The van der Waals surface area contributed by atoms with Gasteiger partial charge in [0, 0.05) is 9.61 Å². The number of hydrazine groups is 1. The molecule has 0 saturated heterocycles. The van der Waals surface area contributed by atoms with Crippen LogP contribution in [-0.4, -0.2) is 0 Å². The Morgan fingerprint density at radius 2 is 2.12 bits per heavy atom. The van der Waals surface area contributed by atoms with Crippen molar-refractivity contribution in [1.82, 2.24) is 5.43 Å². The number of hydrogen-bond acceptors (Lipinski definition) is 3. The van der Waals surface area contributed by atoms with Gasteiger partial charge in [0.1, 0.15) is 0 Å². The highest BCUT2D eigenvalue weighted by Gasteiger charge is 2.12. The molecule has 1 aromatic heterocycles. The summed E-state index contributed by atoms with van der Waals surface area (Å²) in [7, 11) is 0. The van der Waals surface area contributed by atoms with E-state index in [1.54, 1.807) is 11.3 Å². The van der Waals surface area contributed by atoms with Gasteiger partial charge < -0.3 is 0 Å². The summed E-state index contributed by atoms with van der Waals surface area (Å²) in [5.41, 5.74) is 5.59. The number of nitrogens with one attached hydrogen (secondary N) is 1. The van der Waals surface area contributed by atoms with Gasteiger partial charge in [0.25, 0.3) is 0 Å². The predicted molar refractivity (Wildman–Crippen MR) is 81.9 cm³/mol. The third kappa shape index (κ3) is 3.51. The number of aryl methyl sites for hydroxylation is 1. The van der Waals surface area contributed by atoms with E-state index in [2.05, 4.69) is 69.1 Å². The fourth-order valence-corrected chi connectivity index (χ4v) is 3.30. The molecule has 4 heteroatoms. The zero-order chi connectivity index (χ0) is 12.1. The number of hydrogen-bond donors (Lipinski definition) is 2.